The zero-order chi connectivity index (χ0) is 26.5. The normalized spacial score (nSPS) is 19.9. The van der Waals surface area contributed by atoms with Gasteiger partial charge in [-0.3, -0.25) is 4.79 Å². The van der Waals surface area contributed by atoms with E-state index in [1.807, 2.05) is 6.92 Å². The van der Waals surface area contributed by atoms with Crippen molar-refractivity contribution < 1.29 is 46.5 Å². The molecule has 0 saturated heterocycles. The molecule has 0 radical (unpaired) electrons. The summed E-state index contributed by atoms with van der Waals surface area (Å²) in [6.45, 7) is 1.89. The molecule has 0 atom stereocenters. The molecule has 1 aliphatic carbocycles. The van der Waals surface area contributed by atoms with Gasteiger partial charge in [0.2, 0.25) is 0 Å². The van der Waals surface area contributed by atoms with Gasteiger partial charge in [0.25, 0.3) is 5.91 Å². The van der Waals surface area contributed by atoms with E-state index in [0.29, 0.717) is 31.6 Å². The molecule has 1 amide bonds. The first-order chi connectivity index (χ1) is 16.9. The first-order valence-electron chi connectivity index (χ1n) is 11.3. The topological polar surface area (TPSA) is 94.1 Å². The van der Waals surface area contributed by atoms with Gasteiger partial charge in [-0.05, 0) is 73.6 Å². The summed E-state index contributed by atoms with van der Waals surface area (Å²) in [4.78, 5) is 24.9. The van der Waals surface area contributed by atoms with Crippen LogP contribution in [0.5, 0.6) is 17.2 Å². The summed E-state index contributed by atoms with van der Waals surface area (Å²) in [5, 5.41) is 12.4. The number of amides is 1. The fourth-order valence-electron chi connectivity index (χ4n) is 4.08. The lowest BCUT2D eigenvalue weighted by Gasteiger charge is -2.36. The molecule has 0 unspecified atom stereocenters. The molecule has 11 heteroatoms. The fourth-order valence-corrected chi connectivity index (χ4v) is 4.08. The van der Waals surface area contributed by atoms with Crippen LogP contribution < -0.4 is 19.5 Å². The van der Waals surface area contributed by atoms with Gasteiger partial charge in [-0.1, -0.05) is 6.92 Å². The number of halogens is 4. The number of benzene rings is 2. The van der Waals surface area contributed by atoms with Gasteiger partial charge < -0.3 is 24.6 Å². The number of nitrogens with one attached hydrogen (secondary N) is 1. The Balaban J connectivity index is 1.71. The van der Waals surface area contributed by atoms with Gasteiger partial charge in [0.05, 0.1) is 13.7 Å². The number of carboxylic acids is 1. The van der Waals surface area contributed by atoms with Gasteiger partial charge in [-0.15, -0.1) is 13.2 Å². The number of hydrogen-bond acceptors (Lipinski definition) is 5. The number of methoxy groups -OCH3 is 1. The summed E-state index contributed by atoms with van der Waals surface area (Å²) in [6.07, 6.45) is -3.02. The number of carbonyl (C=O) groups is 2. The van der Waals surface area contributed by atoms with Crippen molar-refractivity contribution in [3.63, 3.8) is 0 Å². The van der Waals surface area contributed by atoms with Crippen LogP contribution in [0, 0.1) is 11.7 Å². The van der Waals surface area contributed by atoms with Gasteiger partial charge in [0, 0.05) is 12.0 Å². The van der Waals surface area contributed by atoms with E-state index in [-0.39, 0.29) is 35.7 Å². The van der Waals surface area contributed by atoms with Crippen LogP contribution >= 0.6 is 0 Å². The van der Waals surface area contributed by atoms with Gasteiger partial charge in [0.1, 0.15) is 17.1 Å². The smallest absolute Gasteiger partial charge is 0.493 e. The second-order valence-corrected chi connectivity index (χ2v) is 8.79. The van der Waals surface area contributed by atoms with Crippen LogP contribution in [-0.2, 0) is 11.2 Å². The lowest BCUT2D eigenvalue weighted by Crippen LogP contribution is -2.56. The van der Waals surface area contributed by atoms with E-state index < -0.39 is 35.3 Å². The standard InChI is InChI=1S/C25H27F4NO6/c1-15-7-10-24(11-8-15,23(32)33)30-22(31)17-3-6-20(34-2)21(14-17)35-12-9-16-13-18(4-5-19(16)26)36-25(27,28)29/h3-6,13-15H,7-12H2,1-2H3,(H,30,31)(H,32,33)/t15-,24+. The Morgan fingerprint density at radius 1 is 1.11 bits per heavy atom. The van der Waals surface area contributed by atoms with Crippen LogP contribution in [0.3, 0.4) is 0 Å². The van der Waals surface area contributed by atoms with Crippen LogP contribution in [0.1, 0.15) is 48.5 Å². The number of alkyl halides is 3. The first-order valence-corrected chi connectivity index (χ1v) is 11.3. The number of aliphatic carboxylic acids is 1. The van der Waals surface area contributed by atoms with Crippen LogP contribution in [0.2, 0.25) is 0 Å². The molecular weight excluding hydrogens is 486 g/mol. The number of ether oxygens (including phenoxy) is 3. The maximum atomic E-state index is 14.1. The quantitative estimate of drug-likeness (QED) is 0.453. The number of carboxylic acid groups (broad SMARTS) is 1. The maximum absolute atomic E-state index is 14.1. The van der Waals surface area contributed by atoms with Gasteiger partial charge in [0.15, 0.2) is 11.5 Å². The van der Waals surface area contributed by atoms with Gasteiger partial charge in [-0.2, -0.15) is 0 Å². The summed E-state index contributed by atoms with van der Waals surface area (Å²) < 4.78 is 66.1. The minimum Gasteiger partial charge on any atom is -0.493 e. The highest BCUT2D eigenvalue weighted by molar-refractivity contribution is 5.98. The Labute approximate surface area is 205 Å². The highest BCUT2D eigenvalue weighted by atomic mass is 19.4. The van der Waals surface area contributed by atoms with E-state index >= 15 is 0 Å². The summed E-state index contributed by atoms with van der Waals surface area (Å²) in [5.41, 5.74) is -1.28. The lowest BCUT2D eigenvalue weighted by molar-refractivity contribution is -0.274. The third-order valence-electron chi connectivity index (χ3n) is 6.20. The molecule has 0 bridgehead atoms. The predicted molar refractivity (Wildman–Crippen MR) is 121 cm³/mol. The molecule has 0 aliphatic heterocycles. The van der Waals surface area contributed by atoms with Crippen molar-refractivity contribution in [2.45, 2.75) is 50.9 Å². The Hall–Kier alpha value is -3.50. The van der Waals surface area contributed by atoms with Crippen LogP contribution in [0.15, 0.2) is 36.4 Å². The van der Waals surface area contributed by atoms with E-state index in [1.54, 1.807) is 0 Å². The molecule has 7 nitrogen and oxygen atoms in total. The van der Waals surface area contributed by atoms with Crippen molar-refractivity contribution in [1.29, 1.82) is 0 Å². The van der Waals surface area contributed by atoms with Crippen molar-refractivity contribution in [2.75, 3.05) is 13.7 Å². The molecule has 2 N–H and O–H groups in total. The van der Waals surface area contributed by atoms with E-state index in [2.05, 4.69) is 10.1 Å². The zero-order valence-electron chi connectivity index (χ0n) is 19.8. The Bertz CT molecular complexity index is 1100. The van der Waals surface area contributed by atoms with Crippen molar-refractivity contribution in [2.24, 2.45) is 5.92 Å². The molecule has 1 aliphatic rings. The highest BCUT2D eigenvalue weighted by Crippen LogP contribution is 2.34. The minimum absolute atomic E-state index is 0.0560. The molecule has 196 valence electrons. The minimum atomic E-state index is -4.91. The van der Waals surface area contributed by atoms with E-state index in [9.17, 15) is 32.3 Å². The summed E-state index contributed by atoms with van der Waals surface area (Å²) in [5.74, 6) is -2.20. The second-order valence-electron chi connectivity index (χ2n) is 8.79. The number of hydrogen-bond donors (Lipinski definition) is 2. The van der Waals surface area contributed by atoms with Crippen molar-refractivity contribution in [3.8, 4) is 17.2 Å². The fraction of sp³-hybridized carbons (Fsp3) is 0.440. The molecule has 0 heterocycles. The SMILES string of the molecule is COc1ccc(C(=O)N[C@]2(C(=O)O)CC[C@H](C)CC2)cc1OCCc1cc(OC(F)(F)F)ccc1F. The van der Waals surface area contributed by atoms with E-state index in [1.165, 1.54) is 25.3 Å². The van der Waals surface area contributed by atoms with Crippen LogP contribution in [-0.4, -0.2) is 42.6 Å². The molecule has 1 saturated carbocycles. The third-order valence-corrected chi connectivity index (χ3v) is 6.20. The van der Waals surface area contributed by atoms with E-state index in [0.717, 1.165) is 18.2 Å². The lowest BCUT2D eigenvalue weighted by atomic mass is 9.77. The Morgan fingerprint density at radius 3 is 2.42 bits per heavy atom. The summed E-state index contributed by atoms with van der Waals surface area (Å²) in [7, 11) is 1.38. The first kappa shape index (κ1) is 27.1. The molecule has 3 rings (SSSR count). The largest absolute Gasteiger partial charge is 0.573 e. The second kappa shape index (κ2) is 11.0. The summed E-state index contributed by atoms with van der Waals surface area (Å²) in [6, 6.07) is 6.97. The molecule has 2 aromatic carbocycles. The van der Waals surface area contributed by atoms with E-state index in [4.69, 9.17) is 9.47 Å². The highest BCUT2D eigenvalue weighted by Gasteiger charge is 2.42. The average molecular weight is 513 g/mol. The molecule has 2 aromatic rings. The predicted octanol–water partition coefficient (Wildman–Crippen LogP) is 5.12. The molecule has 0 aromatic heterocycles. The average Bonchev–Trinajstić information content (AvgIpc) is 2.81. The number of carbonyl (C=O) groups excluding carboxylic acids is 1. The number of rotatable bonds is 9. The summed E-state index contributed by atoms with van der Waals surface area (Å²) >= 11 is 0. The zero-order valence-corrected chi connectivity index (χ0v) is 19.8. The Kier molecular flexibility index (Phi) is 8.31. The van der Waals surface area contributed by atoms with Crippen molar-refractivity contribution in [3.05, 3.63) is 53.3 Å². The molecule has 0 spiro atoms. The third kappa shape index (κ3) is 6.79. The van der Waals surface area contributed by atoms with Crippen LogP contribution in [0.4, 0.5) is 17.6 Å². The molecule has 36 heavy (non-hydrogen) atoms. The Morgan fingerprint density at radius 2 is 1.81 bits per heavy atom. The van der Waals surface area contributed by atoms with Gasteiger partial charge >= 0.3 is 12.3 Å². The maximum Gasteiger partial charge on any atom is 0.573 e. The van der Waals surface area contributed by atoms with Crippen molar-refractivity contribution >= 4 is 11.9 Å². The molecular formula is C25H27F4NO6. The van der Waals surface area contributed by atoms with Crippen molar-refractivity contribution in [1.82, 2.24) is 5.32 Å². The monoisotopic (exact) mass is 513 g/mol. The van der Waals surface area contributed by atoms with Gasteiger partial charge in [-0.25, -0.2) is 9.18 Å². The van der Waals surface area contributed by atoms with Crippen LogP contribution in [0.25, 0.3) is 0 Å². The molecule has 1 fully saturated rings.